The molecule has 1 atom stereocenters. The Kier molecular flexibility index (Phi) is 5.10. The number of aromatic nitrogens is 3. The predicted octanol–water partition coefficient (Wildman–Crippen LogP) is 3.23. The summed E-state index contributed by atoms with van der Waals surface area (Å²) in [6.45, 7) is 1.74. The maximum Gasteiger partial charge on any atom is 0.255 e. The second-order valence-electron chi connectivity index (χ2n) is 7.13. The zero-order chi connectivity index (χ0) is 19.5. The van der Waals surface area contributed by atoms with Crippen LogP contribution in [0.5, 0.6) is 5.75 Å². The van der Waals surface area contributed by atoms with Crippen molar-refractivity contribution in [1.82, 2.24) is 14.5 Å². The lowest BCUT2D eigenvalue weighted by Crippen LogP contribution is -2.38. The SMILES string of the molecule is COc1ccc(C2CCCN(c3nc(-c4ccncc4)cc(=O)n3C)C2)cc1. The van der Waals surface area contributed by atoms with Crippen LogP contribution in [0.2, 0.25) is 0 Å². The summed E-state index contributed by atoms with van der Waals surface area (Å²) in [4.78, 5) is 23.7. The van der Waals surface area contributed by atoms with E-state index in [9.17, 15) is 4.79 Å². The average Bonchev–Trinajstić information content (AvgIpc) is 2.76. The number of hydrogen-bond donors (Lipinski definition) is 0. The van der Waals surface area contributed by atoms with Crippen molar-refractivity contribution in [2.45, 2.75) is 18.8 Å². The highest BCUT2D eigenvalue weighted by molar-refractivity contribution is 5.59. The van der Waals surface area contributed by atoms with Crippen LogP contribution in [0.4, 0.5) is 5.95 Å². The highest BCUT2D eigenvalue weighted by atomic mass is 16.5. The first-order valence-electron chi connectivity index (χ1n) is 9.53. The summed E-state index contributed by atoms with van der Waals surface area (Å²) in [5.74, 6) is 1.99. The Morgan fingerprint density at radius 2 is 1.86 bits per heavy atom. The number of nitrogens with zero attached hydrogens (tertiary/aromatic N) is 4. The number of pyridine rings is 1. The third-order valence-corrected chi connectivity index (χ3v) is 5.38. The predicted molar refractivity (Wildman–Crippen MR) is 110 cm³/mol. The minimum atomic E-state index is -0.0524. The standard InChI is InChI=1S/C22H24N4O2/c1-25-21(27)14-20(17-9-11-23-12-10-17)24-22(25)26-13-3-4-18(15-26)16-5-7-19(28-2)8-6-16/h5-12,14,18H,3-4,13,15H2,1-2H3. The Morgan fingerprint density at radius 3 is 2.57 bits per heavy atom. The highest BCUT2D eigenvalue weighted by Crippen LogP contribution is 2.30. The van der Waals surface area contributed by atoms with Crippen molar-refractivity contribution in [2.24, 2.45) is 7.05 Å². The maximum atomic E-state index is 12.6. The first-order valence-corrected chi connectivity index (χ1v) is 9.53. The third kappa shape index (κ3) is 3.63. The molecular weight excluding hydrogens is 352 g/mol. The summed E-state index contributed by atoms with van der Waals surface area (Å²) in [6, 6.07) is 13.6. The second-order valence-corrected chi connectivity index (χ2v) is 7.13. The van der Waals surface area contributed by atoms with E-state index in [1.165, 1.54) is 5.56 Å². The molecule has 1 saturated heterocycles. The van der Waals surface area contributed by atoms with Crippen LogP contribution >= 0.6 is 0 Å². The zero-order valence-electron chi connectivity index (χ0n) is 16.2. The molecule has 28 heavy (non-hydrogen) atoms. The summed E-state index contributed by atoms with van der Waals surface area (Å²) in [6.07, 6.45) is 5.62. The lowest BCUT2D eigenvalue weighted by atomic mass is 9.91. The van der Waals surface area contributed by atoms with E-state index in [-0.39, 0.29) is 5.56 Å². The van der Waals surface area contributed by atoms with Gasteiger partial charge in [-0.15, -0.1) is 0 Å². The van der Waals surface area contributed by atoms with Crippen molar-refractivity contribution in [2.75, 3.05) is 25.1 Å². The van der Waals surface area contributed by atoms with E-state index in [0.717, 1.165) is 43.2 Å². The van der Waals surface area contributed by atoms with E-state index in [1.807, 2.05) is 24.3 Å². The number of methoxy groups -OCH3 is 1. The highest BCUT2D eigenvalue weighted by Gasteiger charge is 2.24. The van der Waals surface area contributed by atoms with Crippen LogP contribution in [-0.2, 0) is 7.05 Å². The van der Waals surface area contributed by atoms with Gasteiger partial charge in [-0.05, 0) is 42.7 Å². The van der Waals surface area contributed by atoms with Crippen molar-refractivity contribution in [3.8, 4) is 17.0 Å². The molecule has 3 aromatic rings. The van der Waals surface area contributed by atoms with Gasteiger partial charge in [0.05, 0.1) is 12.8 Å². The minimum absolute atomic E-state index is 0.0524. The van der Waals surface area contributed by atoms with Crippen molar-refractivity contribution in [3.63, 3.8) is 0 Å². The van der Waals surface area contributed by atoms with Crippen LogP contribution < -0.4 is 15.2 Å². The number of anilines is 1. The van der Waals surface area contributed by atoms with Crippen LogP contribution in [0.25, 0.3) is 11.3 Å². The summed E-state index contributed by atoms with van der Waals surface area (Å²) in [5, 5.41) is 0. The largest absolute Gasteiger partial charge is 0.497 e. The van der Waals surface area contributed by atoms with Crippen LogP contribution in [0, 0.1) is 0 Å². The van der Waals surface area contributed by atoms with Gasteiger partial charge in [0, 0.05) is 50.1 Å². The van der Waals surface area contributed by atoms with Crippen LogP contribution in [0.1, 0.15) is 24.3 Å². The lowest BCUT2D eigenvalue weighted by Gasteiger charge is -2.34. The first kappa shape index (κ1) is 18.2. The molecular formula is C22H24N4O2. The van der Waals surface area contributed by atoms with Gasteiger partial charge >= 0.3 is 0 Å². The molecule has 6 nitrogen and oxygen atoms in total. The monoisotopic (exact) mass is 376 g/mol. The van der Waals surface area contributed by atoms with E-state index in [2.05, 4.69) is 22.0 Å². The van der Waals surface area contributed by atoms with Gasteiger partial charge in [-0.25, -0.2) is 4.98 Å². The van der Waals surface area contributed by atoms with E-state index in [1.54, 1.807) is 37.2 Å². The molecule has 0 N–H and O–H groups in total. The quantitative estimate of drug-likeness (QED) is 0.700. The van der Waals surface area contributed by atoms with E-state index in [4.69, 9.17) is 9.72 Å². The van der Waals surface area contributed by atoms with Gasteiger partial charge in [0.15, 0.2) is 0 Å². The molecule has 1 aliphatic heterocycles. The molecule has 3 heterocycles. The molecule has 0 aliphatic carbocycles. The number of hydrogen-bond acceptors (Lipinski definition) is 5. The van der Waals surface area contributed by atoms with Gasteiger partial charge < -0.3 is 9.64 Å². The molecule has 2 aromatic heterocycles. The van der Waals surface area contributed by atoms with Crippen LogP contribution in [0.3, 0.4) is 0 Å². The Labute approximate surface area is 164 Å². The Balaban J connectivity index is 1.64. The van der Waals surface area contributed by atoms with Crippen molar-refractivity contribution in [1.29, 1.82) is 0 Å². The number of rotatable bonds is 4. The molecule has 0 amide bonds. The van der Waals surface area contributed by atoms with Crippen LogP contribution in [0.15, 0.2) is 59.7 Å². The van der Waals surface area contributed by atoms with Crippen molar-refractivity contribution >= 4 is 5.95 Å². The molecule has 6 heteroatoms. The zero-order valence-corrected chi connectivity index (χ0v) is 16.2. The molecule has 1 aromatic carbocycles. The average molecular weight is 376 g/mol. The van der Waals surface area contributed by atoms with E-state index < -0.39 is 0 Å². The Morgan fingerprint density at radius 1 is 1.11 bits per heavy atom. The summed E-state index contributed by atoms with van der Waals surface area (Å²) in [5.41, 5.74) is 2.83. The van der Waals surface area contributed by atoms with Gasteiger partial charge in [0.2, 0.25) is 5.95 Å². The summed E-state index contributed by atoms with van der Waals surface area (Å²) >= 11 is 0. The molecule has 0 bridgehead atoms. The second kappa shape index (κ2) is 7.84. The molecule has 0 radical (unpaired) electrons. The molecule has 4 rings (SSSR count). The molecule has 1 unspecified atom stereocenters. The van der Waals surface area contributed by atoms with Gasteiger partial charge in [0.25, 0.3) is 5.56 Å². The van der Waals surface area contributed by atoms with Gasteiger partial charge in [0.1, 0.15) is 5.75 Å². The fraction of sp³-hybridized carbons (Fsp3) is 0.318. The van der Waals surface area contributed by atoms with E-state index in [0.29, 0.717) is 11.6 Å². The normalized spacial score (nSPS) is 16.8. The Bertz CT molecular complexity index is 999. The van der Waals surface area contributed by atoms with Gasteiger partial charge in [-0.3, -0.25) is 14.3 Å². The van der Waals surface area contributed by atoms with Crippen molar-refractivity contribution < 1.29 is 4.74 Å². The topological polar surface area (TPSA) is 60.2 Å². The molecule has 1 fully saturated rings. The smallest absolute Gasteiger partial charge is 0.255 e. The third-order valence-electron chi connectivity index (χ3n) is 5.38. The van der Waals surface area contributed by atoms with Crippen molar-refractivity contribution in [3.05, 3.63) is 70.8 Å². The molecule has 0 spiro atoms. The molecule has 0 saturated carbocycles. The number of ether oxygens (including phenoxy) is 1. The van der Waals surface area contributed by atoms with Gasteiger partial charge in [-0.2, -0.15) is 0 Å². The molecule has 1 aliphatic rings. The number of piperidine rings is 1. The Hall–Kier alpha value is -3.15. The summed E-state index contributed by atoms with van der Waals surface area (Å²) < 4.78 is 6.91. The summed E-state index contributed by atoms with van der Waals surface area (Å²) in [7, 11) is 3.47. The molecule has 144 valence electrons. The fourth-order valence-electron chi connectivity index (χ4n) is 3.79. The minimum Gasteiger partial charge on any atom is -0.497 e. The van der Waals surface area contributed by atoms with E-state index >= 15 is 0 Å². The maximum absolute atomic E-state index is 12.6. The lowest BCUT2D eigenvalue weighted by molar-refractivity contribution is 0.414. The number of benzene rings is 1. The first-order chi connectivity index (χ1) is 13.7. The van der Waals surface area contributed by atoms with Gasteiger partial charge in [-0.1, -0.05) is 12.1 Å². The van der Waals surface area contributed by atoms with Crippen LogP contribution in [-0.4, -0.2) is 34.7 Å². The fourth-order valence-corrected chi connectivity index (χ4v) is 3.79.